The zero-order valence-electron chi connectivity index (χ0n) is 5.83. The Bertz CT molecular complexity index is 99.6. The molecule has 0 aromatic carbocycles. The van der Waals surface area contributed by atoms with Crippen LogP contribution in [0.3, 0.4) is 0 Å². The van der Waals surface area contributed by atoms with Crippen molar-refractivity contribution in [3.63, 3.8) is 0 Å². The van der Waals surface area contributed by atoms with Crippen LogP contribution in [0.25, 0.3) is 0 Å². The Morgan fingerprint density at radius 2 is 2.30 bits per heavy atom. The van der Waals surface area contributed by atoms with Crippen LogP contribution >= 0.6 is 12.4 Å². The molecular formula is C5H13ClN2O2. The van der Waals surface area contributed by atoms with Gasteiger partial charge in [-0.15, -0.1) is 12.4 Å². The van der Waals surface area contributed by atoms with Gasteiger partial charge in [-0.3, -0.25) is 4.79 Å². The van der Waals surface area contributed by atoms with Crippen molar-refractivity contribution in [2.24, 2.45) is 5.73 Å². The van der Waals surface area contributed by atoms with Crippen LogP contribution in [0.15, 0.2) is 0 Å². The van der Waals surface area contributed by atoms with Crippen molar-refractivity contribution in [2.45, 2.75) is 12.5 Å². The standard InChI is InChI=1S/C5H12N2O2.ClH/c1-7-3-2-4(6)5(8)9;/h4,7H,2-3,6H2,1H3,(H,8,9);1H. The number of halogens is 1. The molecule has 0 radical (unpaired) electrons. The molecule has 0 aromatic rings. The van der Waals surface area contributed by atoms with Crippen LogP contribution in [0.4, 0.5) is 0 Å². The maximum atomic E-state index is 10.1. The summed E-state index contributed by atoms with van der Waals surface area (Å²) in [6, 6.07) is -0.725. The van der Waals surface area contributed by atoms with E-state index in [0.717, 1.165) is 0 Å². The molecule has 0 bridgehead atoms. The molecule has 4 N–H and O–H groups in total. The Labute approximate surface area is 66.2 Å². The van der Waals surface area contributed by atoms with E-state index in [2.05, 4.69) is 5.32 Å². The summed E-state index contributed by atoms with van der Waals surface area (Å²) < 4.78 is 0. The molecule has 0 spiro atoms. The van der Waals surface area contributed by atoms with Crippen molar-refractivity contribution in [1.82, 2.24) is 5.32 Å². The first kappa shape index (κ1) is 12.4. The molecule has 0 saturated carbocycles. The highest BCUT2D eigenvalue weighted by Gasteiger charge is 2.08. The first-order chi connectivity index (χ1) is 4.18. The fourth-order valence-corrected chi connectivity index (χ4v) is 0.423. The zero-order valence-corrected chi connectivity index (χ0v) is 6.65. The minimum Gasteiger partial charge on any atom is -0.480 e. The Kier molecular flexibility index (Phi) is 8.40. The van der Waals surface area contributed by atoms with Crippen LogP contribution < -0.4 is 11.1 Å². The van der Waals surface area contributed by atoms with Crippen LogP contribution in [0.5, 0.6) is 0 Å². The van der Waals surface area contributed by atoms with E-state index < -0.39 is 12.0 Å². The average molecular weight is 169 g/mol. The molecule has 5 heteroatoms. The van der Waals surface area contributed by atoms with Crippen molar-refractivity contribution in [2.75, 3.05) is 13.6 Å². The third kappa shape index (κ3) is 5.81. The van der Waals surface area contributed by atoms with Gasteiger partial charge in [-0.2, -0.15) is 0 Å². The Hall–Kier alpha value is -0.320. The summed E-state index contributed by atoms with van der Waals surface area (Å²) >= 11 is 0. The van der Waals surface area contributed by atoms with Crippen LogP contribution in [0, 0.1) is 0 Å². The minimum absolute atomic E-state index is 0. The number of carboxylic acids is 1. The van der Waals surface area contributed by atoms with Gasteiger partial charge in [0.1, 0.15) is 6.04 Å². The van der Waals surface area contributed by atoms with Gasteiger partial charge in [0.2, 0.25) is 0 Å². The monoisotopic (exact) mass is 168 g/mol. The highest BCUT2D eigenvalue weighted by Crippen LogP contribution is 1.83. The summed E-state index contributed by atoms with van der Waals surface area (Å²) in [6.07, 6.45) is 0.478. The predicted octanol–water partition coefficient (Wildman–Crippen LogP) is -0.570. The van der Waals surface area contributed by atoms with Gasteiger partial charge in [0, 0.05) is 0 Å². The first-order valence-electron chi connectivity index (χ1n) is 2.81. The second-order valence-corrected chi connectivity index (χ2v) is 1.84. The van der Waals surface area contributed by atoms with Gasteiger partial charge in [0.25, 0.3) is 0 Å². The molecule has 0 aromatic heterocycles. The molecule has 62 valence electrons. The third-order valence-electron chi connectivity index (χ3n) is 1.02. The third-order valence-corrected chi connectivity index (χ3v) is 1.02. The van der Waals surface area contributed by atoms with Gasteiger partial charge in [-0.1, -0.05) is 0 Å². The predicted molar refractivity (Wildman–Crippen MR) is 41.4 cm³/mol. The van der Waals surface area contributed by atoms with E-state index in [4.69, 9.17) is 10.8 Å². The van der Waals surface area contributed by atoms with Crippen LogP contribution in [-0.2, 0) is 4.79 Å². The second-order valence-electron chi connectivity index (χ2n) is 1.84. The highest BCUT2D eigenvalue weighted by atomic mass is 35.5. The number of nitrogens with two attached hydrogens (primary N) is 1. The smallest absolute Gasteiger partial charge is 0.320 e. The summed E-state index contributed by atoms with van der Waals surface area (Å²) in [6.45, 7) is 0.646. The molecule has 4 nitrogen and oxygen atoms in total. The molecule has 0 aliphatic carbocycles. The maximum absolute atomic E-state index is 10.1. The summed E-state index contributed by atoms with van der Waals surface area (Å²) in [5, 5.41) is 11.1. The Morgan fingerprint density at radius 3 is 2.60 bits per heavy atom. The molecule has 0 heterocycles. The van der Waals surface area contributed by atoms with Crippen molar-refractivity contribution in [3.05, 3.63) is 0 Å². The van der Waals surface area contributed by atoms with E-state index in [0.29, 0.717) is 13.0 Å². The molecule has 10 heavy (non-hydrogen) atoms. The number of nitrogens with one attached hydrogen (secondary N) is 1. The van der Waals surface area contributed by atoms with E-state index in [1.165, 1.54) is 0 Å². The second kappa shape index (κ2) is 6.80. The summed E-state index contributed by atoms with van der Waals surface area (Å²) in [7, 11) is 1.76. The quantitative estimate of drug-likeness (QED) is 0.526. The SMILES string of the molecule is CNCCC(N)C(=O)O.Cl. The number of aliphatic carboxylic acids is 1. The lowest BCUT2D eigenvalue weighted by Crippen LogP contribution is -2.32. The van der Waals surface area contributed by atoms with Crippen molar-refractivity contribution < 1.29 is 9.90 Å². The summed E-state index contributed by atoms with van der Waals surface area (Å²) in [4.78, 5) is 10.1. The Balaban J connectivity index is 0. The van der Waals surface area contributed by atoms with E-state index in [9.17, 15) is 4.79 Å². The molecule has 0 aliphatic rings. The van der Waals surface area contributed by atoms with Crippen molar-refractivity contribution >= 4 is 18.4 Å². The molecule has 1 atom stereocenters. The molecular weight excluding hydrogens is 156 g/mol. The lowest BCUT2D eigenvalue weighted by Gasteiger charge is -2.03. The summed E-state index contributed by atoms with van der Waals surface area (Å²) in [5.41, 5.74) is 5.16. The van der Waals surface area contributed by atoms with Gasteiger partial charge < -0.3 is 16.2 Å². The topological polar surface area (TPSA) is 75.3 Å². The van der Waals surface area contributed by atoms with E-state index in [1.807, 2.05) is 0 Å². The molecule has 0 aliphatic heterocycles. The average Bonchev–Trinajstić information content (AvgIpc) is 1.82. The normalized spacial score (nSPS) is 11.8. The van der Waals surface area contributed by atoms with E-state index in [-0.39, 0.29) is 12.4 Å². The van der Waals surface area contributed by atoms with Gasteiger partial charge in [0.15, 0.2) is 0 Å². The Morgan fingerprint density at radius 1 is 1.80 bits per heavy atom. The zero-order chi connectivity index (χ0) is 7.28. The van der Waals surface area contributed by atoms with Crippen molar-refractivity contribution in [1.29, 1.82) is 0 Å². The largest absolute Gasteiger partial charge is 0.480 e. The van der Waals surface area contributed by atoms with Gasteiger partial charge in [0.05, 0.1) is 0 Å². The first-order valence-corrected chi connectivity index (χ1v) is 2.81. The van der Waals surface area contributed by atoms with Crippen LogP contribution in [0.2, 0.25) is 0 Å². The number of carbonyl (C=O) groups is 1. The van der Waals surface area contributed by atoms with Crippen LogP contribution in [-0.4, -0.2) is 30.7 Å². The number of hydrogen-bond donors (Lipinski definition) is 3. The lowest BCUT2D eigenvalue weighted by molar-refractivity contribution is -0.138. The van der Waals surface area contributed by atoms with Gasteiger partial charge in [-0.05, 0) is 20.0 Å². The molecule has 0 saturated heterocycles. The minimum atomic E-state index is -0.940. The van der Waals surface area contributed by atoms with Crippen LogP contribution in [0.1, 0.15) is 6.42 Å². The fraction of sp³-hybridized carbons (Fsp3) is 0.800. The number of carboxylic acid groups (broad SMARTS) is 1. The number of hydrogen-bond acceptors (Lipinski definition) is 3. The number of rotatable bonds is 4. The van der Waals surface area contributed by atoms with Crippen molar-refractivity contribution in [3.8, 4) is 0 Å². The lowest BCUT2D eigenvalue weighted by atomic mass is 10.2. The molecule has 0 amide bonds. The van der Waals surface area contributed by atoms with E-state index >= 15 is 0 Å². The molecule has 1 unspecified atom stereocenters. The van der Waals surface area contributed by atoms with E-state index in [1.54, 1.807) is 7.05 Å². The fourth-order valence-electron chi connectivity index (χ4n) is 0.423. The van der Waals surface area contributed by atoms with Gasteiger partial charge >= 0.3 is 5.97 Å². The van der Waals surface area contributed by atoms with Gasteiger partial charge in [-0.25, -0.2) is 0 Å². The summed E-state index contributed by atoms with van der Waals surface area (Å²) in [5.74, 6) is -0.940. The molecule has 0 rings (SSSR count). The maximum Gasteiger partial charge on any atom is 0.320 e. The molecule has 0 fully saturated rings. The highest BCUT2D eigenvalue weighted by molar-refractivity contribution is 5.85.